The quantitative estimate of drug-likeness (QED) is 0.852. The van der Waals surface area contributed by atoms with Gasteiger partial charge in [-0.2, -0.15) is 0 Å². The van der Waals surface area contributed by atoms with Crippen LogP contribution >= 0.6 is 0 Å². The van der Waals surface area contributed by atoms with Gasteiger partial charge in [0, 0.05) is 6.04 Å². The lowest BCUT2D eigenvalue weighted by atomic mass is 10.1. The normalized spacial score (nSPS) is 18.3. The molecule has 0 unspecified atom stereocenters. The second kappa shape index (κ2) is 4.61. The zero-order valence-corrected chi connectivity index (χ0v) is 11.0. The third-order valence-electron chi connectivity index (χ3n) is 3.70. The molecule has 18 heavy (non-hydrogen) atoms. The molecular weight excluding hydrogens is 224 g/mol. The highest BCUT2D eigenvalue weighted by molar-refractivity contribution is 5.78. The standard InChI is InChI=1S/C14H20N4/c1-10-3-4-12-13(9-10)17-14(16-12)15-11-5-7-18(2)8-6-11/h3-4,9,11H,5-8H2,1-2H3,(H2,15,16,17). The lowest BCUT2D eigenvalue weighted by molar-refractivity contribution is 0.263. The van der Waals surface area contributed by atoms with Crippen molar-refractivity contribution in [2.24, 2.45) is 0 Å². The molecule has 0 bridgehead atoms. The molecule has 0 atom stereocenters. The fourth-order valence-electron chi connectivity index (χ4n) is 2.54. The number of nitrogens with zero attached hydrogens (tertiary/aromatic N) is 2. The monoisotopic (exact) mass is 244 g/mol. The smallest absolute Gasteiger partial charge is 0.201 e. The predicted octanol–water partition coefficient (Wildman–Crippen LogP) is 2.38. The molecule has 0 radical (unpaired) electrons. The molecule has 1 saturated heterocycles. The lowest BCUT2D eigenvalue weighted by Gasteiger charge is -2.29. The molecule has 1 aliphatic heterocycles. The van der Waals surface area contributed by atoms with E-state index in [-0.39, 0.29) is 0 Å². The van der Waals surface area contributed by atoms with Crippen LogP contribution in [0, 0.1) is 6.92 Å². The van der Waals surface area contributed by atoms with Crippen molar-refractivity contribution in [1.82, 2.24) is 14.9 Å². The van der Waals surface area contributed by atoms with E-state index < -0.39 is 0 Å². The van der Waals surface area contributed by atoms with Gasteiger partial charge in [0.1, 0.15) is 0 Å². The summed E-state index contributed by atoms with van der Waals surface area (Å²) in [7, 11) is 2.18. The number of fused-ring (bicyclic) bond motifs is 1. The second-order valence-corrected chi connectivity index (χ2v) is 5.33. The van der Waals surface area contributed by atoms with Crippen molar-refractivity contribution >= 4 is 17.0 Å². The maximum atomic E-state index is 4.59. The van der Waals surface area contributed by atoms with E-state index >= 15 is 0 Å². The van der Waals surface area contributed by atoms with Crippen molar-refractivity contribution in [3.05, 3.63) is 23.8 Å². The van der Waals surface area contributed by atoms with E-state index in [0.29, 0.717) is 6.04 Å². The average Bonchev–Trinajstić information content (AvgIpc) is 2.73. The van der Waals surface area contributed by atoms with Crippen molar-refractivity contribution in [1.29, 1.82) is 0 Å². The molecular formula is C14H20N4. The Bertz CT molecular complexity index is 538. The Morgan fingerprint density at radius 2 is 2.11 bits per heavy atom. The average molecular weight is 244 g/mol. The molecule has 2 aromatic rings. The molecule has 2 heterocycles. The summed E-state index contributed by atoms with van der Waals surface area (Å²) >= 11 is 0. The number of rotatable bonds is 2. The highest BCUT2D eigenvalue weighted by atomic mass is 15.2. The first-order valence-electron chi connectivity index (χ1n) is 6.62. The number of aryl methyl sites for hydroxylation is 1. The maximum absolute atomic E-state index is 4.59. The van der Waals surface area contributed by atoms with E-state index in [1.165, 1.54) is 18.4 Å². The molecule has 1 aromatic heterocycles. The van der Waals surface area contributed by atoms with E-state index in [1.807, 2.05) is 0 Å². The molecule has 3 rings (SSSR count). The molecule has 0 spiro atoms. The zero-order valence-electron chi connectivity index (χ0n) is 11.0. The third kappa shape index (κ3) is 2.34. The summed E-state index contributed by atoms with van der Waals surface area (Å²) in [6.07, 6.45) is 2.37. The zero-order chi connectivity index (χ0) is 12.5. The summed E-state index contributed by atoms with van der Waals surface area (Å²) in [5.74, 6) is 0.908. The number of anilines is 1. The number of hydrogen-bond acceptors (Lipinski definition) is 3. The van der Waals surface area contributed by atoms with Gasteiger partial charge in [-0.25, -0.2) is 4.98 Å². The van der Waals surface area contributed by atoms with Crippen molar-refractivity contribution < 1.29 is 0 Å². The van der Waals surface area contributed by atoms with Crippen LogP contribution in [0.15, 0.2) is 18.2 Å². The Morgan fingerprint density at radius 1 is 1.33 bits per heavy atom. The van der Waals surface area contributed by atoms with Gasteiger partial charge in [0.05, 0.1) is 11.0 Å². The van der Waals surface area contributed by atoms with Gasteiger partial charge >= 0.3 is 0 Å². The fraction of sp³-hybridized carbons (Fsp3) is 0.500. The largest absolute Gasteiger partial charge is 0.353 e. The first kappa shape index (κ1) is 11.5. The van der Waals surface area contributed by atoms with Crippen molar-refractivity contribution in [2.45, 2.75) is 25.8 Å². The van der Waals surface area contributed by atoms with Gasteiger partial charge in [-0.15, -0.1) is 0 Å². The maximum Gasteiger partial charge on any atom is 0.201 e. The molecule has 0 aliphatic carbocycles. The number of H-pyrrole nitrogens is 1. The molecule has 1 aromatic carbocycles. The highest BCUT2D eigenvalue weighted by Crippen LogP contribution is 2.18. The van der Waals surface area contributed by atoms with Crippen LogP contribution in [0.4, 0.5) is 5.95 Å². The molecule has 0 saturated carbocycles. The van der Waals surface area contributed by atoms with Gasteiger partial charge < -0.3 is 15.2 Å². The van der Waals surface area contributed by atoms with Gasteiger partial charge in [-0.3, -0.25) is 0 Å². The Labute approximate surface area is 107 Å². The Kier molecular flexibility index (Phi) is 2.96. The van der Waals surface area contributed by atoms with Crippen molar-refractivity contribution in [2.75, 3.05) is 25.5 Å². The number of aromatic amines is 1. The van der Waals surface area contributed by atoms with Crippen LogP contribution in [-0.4, -0.2) is 41.0 Å². The molecule has 0 amide bonds. The molecule has 4 nitrogen and oxygen atoms in total. The van der Waals surface area contributed by atoms with E-state index in [4.69, 9.17) is 0 Å². The van der Waals surface area contributed by atoms with E-state index in [1.54, 1.807) is 0 Å². The third-order valence-corrected chi connectivity index (χ3v) is 3.70. The summed E-state index contributed by atoms with van der Waals surface area (Å²) in [5, 5.41) is 3.52. The summed E-state index contributed by atoms with van der Waals surface area (Å²) in [6, 6.07) is 6.86. The predicted molar refractivity (Wildman–Crippen MR) is 75.0 cm³/mol. The summed E-state index contributed by atoms with van der Waals surface area (Å²) in [4.78, 5) is 10.3. The first-order chi connectivity index (χ1) is 8.70. The summed E-state index contributed by atoms with van der Waals surface area (Å²) in [6.45, 7) is 4.43. The molecule has 1 aliphatic rings. The van der Waals surface area contributed by atoms with Crippen LogP contribution in [-0.2, 0) is 0 Å². The van der Waals surface area contributed by atoms with E-state index in [2.05, 4.69) is 52.4 Å². The number of likely N-dealkylation sites (tertiary alicyclic amines) is 1. The molecule has 2 N–H and O–H groups in total. The minimum absolute atomic E-state index is 0.544. The second-order valence-electron chi connectivity index (χ2n) is 5.33. The Balaban J connectivity index is 1.74. The van der Waals surface area contributed by atoms with Crippen molar-refractivity contribution in [3.8, 4) is 0 Å². The van der Waals surface area contributed by atoms with Gasteiger partial charge in [-0.1, -0.05) is 6.07 Å². The van der Waals surface area contributed by atoms with Crippen LogP contribution in [0.1, 0.15) is 18.4 Å². The van der Waals surface area contributed by atoms with Crippen LogP contribution in [0.25, 0.3) is 11.0 Å². The van der Waals surface area contributed by atoms with Crippen LogP contribution in [0.5, 0.6) is 0 Å². The first-order valence-corrected chi connectivity index (χ1v) is 6.62. The molecule has 4 heteroatoms. The van der Waals surface area contributed by atoms with E-state index in [0.717, 1.165) is 30.1 Å². The minimum Gasteiger partial charge on any atom is -0.353 e. The van der Waals surface area contributed by atoms with Gasteiger partial charge in [0.2, 0.25) is 5.95 Å². The van der Waals surface area contributed by atoms with Crippen molar-refractivity contribution in [3.63, 3.8) is 0 Å². The lowest BCUT2D eigenvalue weighted by Crippen LogP contribution is -2.36. The highest BCUT2D eigenvalue weighted by Gasteiger charge is 2.17. The minimum atomic E-state index is 0.544. The fourth-order valence-corrected chi connectivity index (χ4v) is 2.54. The van der Waals surface area contributed by atoms with Crippen LogP contribution in [0.2, 0.25) is 0 Å². The van der Waals surface area contributed by atoms with Crippen LogP contribution in [0.3, 0.4) is 0 Å². The van der Waals surface area contributed by atoms with E-state index in [9.17, 15) is 0 Å². The number of aromatic nitrogens is 2. The number of piperidine rings is 1. The number of nitrogens with one attached hydrogen (secondary N) is 2. The molecule has 1 fully saturated rings. The Hall–Kier alpha value is -1.55. The SMILES string of the molecule is Cc1ccc2nc(NC3CCN(C)CC3)[nH]c2c1. The topological polar surface area (TPSA) is 44.0 Å². The number of imidazole rings is 1. The summed E-state index contributed by atoms with van der Waals surface area (Å²) < 4.78 is 0. The van der Waals surface area contributed by atoms with Gasteiger partial charge in [0.15, 0.2) is 0 Å². The van der Waals surface area contributed by atoms with Gasteiger partial charge in [0.25, 0.3) is 0 Å². The Morgan fingerprint density at radius 3 is 2.89 bits per heavy atom. The summed E-state index contributed by atoms with van der Waals surface area (Å²) in [5.41, 5.74) is 3.42. The van der Waals surface area contributed by atoms with Gasteiger partial charge in [-0.05, 0) is 57.6 Å². The number of benzene rings is 1. The molecule has 96 valence electrons. The van der Waals surface area contributed by atoms with Crippen LogP contribution < -0.4 is 5.32 Å². The number of hydrogen-bond donors (Lipinski definition) is 2.